The maximum atomic E-state index is 12.8. The molecule has 0 saturated carbocycles. The summed E-state index contributed by atoms with van der Waals surface area (Å²) in [7, 11) is 0. The zero-order valence-electron chi connectivity index (χ0n) is 42.4. The summed E-state index contributed by atoms with van der Waals surface area (Å²) in [5, 5.41) is 0. The molecule has 6 heteroatoms. The third-order valence-electron chi connectivity index (χ3n) is 12.5. The zero-order chi connectivity index (χ0) is 45.8. The van der Waals surface area contributed by atoms with Gasteiger partial charge in [0.15, 0.2) is 6.10 Å². The Labute approximate surface area is 392 Å². The molecule has 1 atom stereocenters. The smallest absolute Gasteiger partial charge is 0.306 e. The van der Waals surface area contributed by atoms with E-state index in [2.05, 4.69) is 45.1 Å². The Kier molecular flexibility index (Phi) is 50.8. The topological polar surface area (TPSA) is 78.9 Å². The fourth-order valence-electron chi connectivity index (χ4n) is 8.24. The van der Waals surface area contributed by atoms with Crippen molar-refractivity contribution in [1.29, 1.82) is 0 Å². The van der Waals surface area contributed by atoms with Crippen LogP contribution in [0.3, 0.4) is 0 Å². The van der Waals surface area contributed by atoms with Crippen molar-refractivity contribution in [3.8, 4) is 0 Å². The molecule has 0 spiro atoms. The van der Waals surface area contributed by atoms with E-state index in [1.807, 2.05) is 0 Å². The van der Waals surface area contributed by atoms with Crippen molar-refractivity contribution in [2.45, 2.75) is 309 Å². The van der Waals surface area contributed by atoms with Crippen molar-refractivity contribution in [1.82, 2.24) is 0 Å². The number of hydrogen-bond acceptors (Lipinski definition) is 6. The average molecular weight is 887 g/mol. The number of ether oxygens (including phenoxy) is 3. The second-order valence-corrected chi connectivity index (χ2v) is 18.9. The minimum atomic E-state index is -0.773. The van der Waals surface area contributed by atoms with Crippen LogP contribution < -0.4 is 0 Å². The van der Waals surface area contributed by atoms with E-state index in [1.54, 1.807) is 0 Å². The number of rotatable bonds is 51. The van der Waals surface area contributed by atoms with Gasteiger partial charge in [0.1, 0.15) is 13.2 Å². The molecule has 6 nitrogen and oxygen atoms in total. The number of carbonyl (C=O) groups excluding carboxylic acids is 3. The van der Waals surface area contributed by atoms with Gasteiger partial charge in [-0.15, -0.1) is 0 Å². The number of esters is 3. The van der Waals surface area contributed by atoms with Crippen molar-refractivity contribution >= 4 is 17.9 Å². The van der Waals surface area contributed by atoms with Crippen molar-refractivity contribution in [3.05, 3.63) is 24.3 Å². The molecule has 0 radical (unpaired) electrons. The summed E-state index contributed by atoms with van der Waals surface area (Å²) in [6.45, 7) is 6.64. The van der Waals surface area contributed by atoms with Gasteiger partial charge in [-0.2, -0.15) is 0 Å². The molecule has 0 aliphatic heterocycles. The second-order valence-electron chi connectivity index (χ2n) is 18.9. The molecule has 0 aromatic heterocycles. The molecule has 0 aliphatic rings. The van der Waals surface area contributed by atoms with Crippen LogP contribution >= 0.6 is 0 Å². The summed E-state index contributed by atoms with van der Waals surface area (Å²) < 4.78 is 16.8. The molecule has 0 N–H and O–H groups in total. The van der Waals surface area contributed by atoms with E-state index in [-0.39, 0.29) is 31.1 Å². The molecule has 0 aromatic carbocycles. The summed E-state index contributed by atoms with van der Waals surface area (Å²) in [6, 6.07) is 0. The molecule has 0 aromatic rings. The van der Waals surface area contributed by atoms with E-state index in [1.165, 1.54) is 186 Å². The highest BCUT2D eigenvalue weighted by molar-refractivity contribution is 5.71. The highest BCUT2D eigenvalue weighted by Gasteiger charge is 2.19. The Balaban J connectivity index is 4.33. The number of carbonyl (C=O) groups is 3. The minimum absolute atomic E-state index is 0.0717. The van der Waals surface area contributed by atoms with Crippen molar-refractivity contribution in [2.75, 3.05) is 13.2 Å². The molecule has 370 valence electrons. The molecule has 0 unspecified atom stereocenters. The molecule has 0 heterocycles. The monoisotopic (exact) mass is 887 g/mol. The largest absolute Gasteiger partial charge is 0.462 e. The van der Waals surface area contributed by atoms with Gasteiger partial charge < -0.3 is 14.2 Å². The summed E-state index contributed by atoms with van der Waals surface area (Å²) in [5.41, 5.74) is 0. The Bertz CT molecular complexity index is 1020. The maximum absolute atomic E-state index is 12.8. The van der Waals surface area contributed by atoms with Gasteiger partial charge in [-0.3, -0.25) is 14.4 Å². The molecule has 0 aliphatic carbocycles. The van der Waals surface area contributed by atoms with Crippen molar-refractivity contribution in [3.63, 3.8) is 0 Å². The van der Waals surface area contributed by atoms with Gasteiger partial charge in [0, 0.05) is 19.3 Å². The Morgan fingerprint density at radius 3 is 0.905 bits per heavy atom. The Morgan fingerprint density at radius 1 is 0.317 bits per heavy atom. The summed E-state index contributed by atoms with van der Waals surface area (Å²) in [5.74, 6) is -0.867. The Hall–Kier alpha value is -2.11. The van der Waals surface area contributed by atoms with E-state index in [0.717, 1.165) is 77.0 Å². The summed E-state index contributed by atoms with van der Waals surface area (Å²) in [4.78, 5) is 38.1. The van der Waals surface area contributed by atoms with E-state index in [9.17, 15) is 14.4 Å². The predicted molar refractivity (Wildman–Crippen MR) is 270 cm³/mol. The van der Waals surface area contributed by atoms with E-state index in [0.29, 0.717) is 19.3 Å². The van der Waals surface area contributed by atoms with Gasteiger partial charge in [0.05, 0.1) is 0 Å². The fraction of sp³-hybridized carbons (Fsp3) is 0.877. The average Bonchev–Trinajstić information content (AvgIpc) is 3.28. The quantitative estimate of drug-likeness (QED) is 0.0262. The van der Waals surface area contributed by atoms with E-state index in [4.69, 9.17) is 14.2 Å². The van der Waals surface area contributed by atoms with Crippen LogP contribution in [0.15, 0.2) is 24.3 Å². The molecule has 0 amide bonds. The lowest BCUT2D eigenvalue weighted by Gasteiger charge is -2.18. The lowest BCUT2D eigenvalue weighted by Crippen LogP contribution is -2.30. The molecule has 0 rings (SSSR count). The molecular weight excluding hydrogens is 781 g/mol. The van der Waals surface area contributed by atoms with Gasteiger partial charge in [0.25, 0.3) is 0 Å². The molecule has 0 saturated heterocycles. The van der Waals surface area contributed by atoms with E-state index >= 15 is 0 Å². The van der Waals surface area contributed by atoms with Gasteiger partial charge >= 0.3 is 17.9 Å². The van der Waals surface area contributed by atoms with Gasteiger partial charge in [-0.1, -0.05) is 257 Å². The number of unbranched alkanes of at least 4 members (excludes halogenated alkanes) is 36. The first-order valence-electron chi connectivity index (χ1n) is 27.8. The van der Waals surface area contributed by atoms with Crippen LogP contribution in [0.5, 0.6) is 0 Å². The van der Waals surface area contributed by atoms with Crippen LogP contribution in [-0.4, -0.2) is 37.2 Å². The summed E-state index contributed by atoms with van der Waals surface area (Å²) >= 11 is 0. The van der Waals surface area contributed by atoms with Gasteiger partial charge in [0.2, 0.25) is 0 Å². The lowest BCUT2D eigenvalue weighted by molar-refractivity contribution is -0.167. The highest BCUT2D eigenvalue weighted by Crippen LogP contribution is 2.17. The van der Waals surface area contributed by atoms with Crippen LogP contribution in [-0.2, 0) is 28.6 Å². The van der Waals surface area contributed by atoms with Crippen molar-refractivity contribution < 1.29 is 28.6 Å². The van der Waals surface area contributed by atoms with Crippen LogP contribution in [0, 0.1) is 0 Å². The second kappa shape index (κ2) is 52.5. The van der Waals surface area contributed by atoms with Crippen LogP contribution in [0.4, 0.5) is 0 Å². The van der Waals surface area contributed by atoms with Crippen LogP contribution in [0.1, 0.15) is 303 Å². The third kappa shape index (κ3) is 50.7. The highest BCUT2D eigenvalue weighted by atomic mass is 16.6. The molecule has 0 fully saturated rings. The number of hydrogen-bond donors (Lipinski definition) is 0. The van der Waals surface area contributed by atoms with Crippen molar-refractivity contribution in [2.24, 2.45) is 0 Å². The van der Waals surface area contributed by atoms with Gasteiger partial charge in [-0.05, 0) is 51.4 Å². The first-order chi connectivity index (χ1) is 31.0. The van der Waals surface area contributed by atoms with Crippen LogP contribution in [0.2, 0.25) is 0 Å². The molecule has 0 bridgehead atoms. The van der Waals surface area contributed by atoms with Crippen LogP contribution in [0.25, 0.3) is 0 Å². The molecular formula is C57H106O6. The normalized spacial score (nSPS) is 12.1. The maximum Gasteiger partial charge on any atom is 0.306 e. The first kappa shape index (κ1) is 60.9. The predicted octanol–water partition coefficient (Wildman–Crippen LogP) is 18.3. The third-order valence-corrected chi connectivity index (χ3v) is 12.5. The Morgan fingerprint density at radius 2 is 0.571 bits per heavy atom. The first-order valence-corrected chi connectivity index (χ1v) is 27.8. The SMILES string of the molecule is CCCCCC=CCC=CCCCCCCCC(=O)O[C@H](COC(=O)CCCCCCCCCCCCCCC)COC(=O)CCCCCCCCCCCCCCCCCCC. The lowest BCUT2D eigenvalue weighted by atomic mass is 10.0. The fourth-order valence-corrected chi connectivity index (χ4v) is 8.24. The minimum Gasteiger partial charge on any atom is -0.462 e. The number of allylic oxidation sites excluding steroid dienone is 4. The standard InChI is InChI=1S/C57H106O6/c1-4-7-10-13-16-19-22-25-27-28-30-32-35-38-41-44-47-50-56(59)62-53-54(52-61-55(58)49-46-43-40-37-34-31-24-21-18-15-12-9-6-3)63-57(60)51-48-45-42-39-36-33-29-26-23-20-17-14-11-8-5-2/h17,20,26,29,54H,4-16,18-19,21-25,27-28,30-53H2,1-3H3/t54-/m1/s1. The van der Waals surface area contributed by atoms with E-state index < -0.39 is 6.10 Å². The zero-order valence-corrected chi connectivity index (χ0v) is 42.4. The molecule has 63 heavy (non-hydrogen) atoms. The summed E-state index contributed by atoms with van der Waals surface area (Å²) in [6.07, 6.45) is 60.2. The van der Waals surface area contributed by atoms with Gasteiger partial charge in [-0.25, -0.2) is 0 Å².